The second-order valence-corrected chi connectivity index (χ2v) is 4.34. The average Bonchev–Trinajstić information content (AvgIpc) is 2.41. The van der Waals surface area contributed by atoms with Crippen LogP contribution in [0.2, 0.25) is 0 Å². The summed E-state index contributed by atoms with van der Waals surface area (Å²) < 4.78 is 5.29. The minimum absolute atomic E-state index is 0.0962. The van der Waals surface area contributed by atoms with Gasteiger partial charge in [0.05, 0.1) is 12.8 Å². The summed E-state index contributed by atoms with van der Waals surface area (Å²) in [5.74, 6) is 0.538. The van der Waals surface area contributed by atoms with Crippen LogP contribution in [0.25, 0.3) is 0 Å². The SMILES string of the molecule is COc1cc(C)ccc1NCc1cccc(O)c1O. The first-order valence-electron chi connectivity index (χ1n) is 6.00. The van der Waals surface area contributed by atoms with E-state index < -0.39 is 0 Å². The van der Waals surface area contributed by atoms with Crippen LogP contribution in [-0.4, -0.2) is 17.3 Å². The molecule has 4 nitrogen and oxygen atoms in total. The van der Waals surface area contributed by atoms with Gasteiger partial charge in [0.25, 0.3) is 0 Å². The van der Waals surface area contributed by atoms with Crippen LogP contribution in [0.5, 0.6) is 17.2 Å². The number of aryl methyl sites for hydroxylation is 1. The van der Waals surface area contributed by atoms with Crippen LogP contribution in [0, 0.1) is 6.92 Å². The Morgan fingerprint density at radius 3 is 2.68 bits per heavy atom. The van der Waals surface area contributed by atoms with Crippen LogP contribution in [0.3, 0.4) is 0 Å². The van der Waals surface area contributed by atoms with Gasteiger partial charge < -0.3 is 20.3 Å². The summed E-state index contributed by atoms with van der Waals surface area (Å²) in [6.07, 6.45) is 0. The lowest BCUT2D eigenvalue weighted by Gasteiger charge is -2.13. The van der Waals surface area contributed by atoms with E-state index in [2.05, 4.69) is 5.32 Å². The normalized spacial score (nSPS) is 10.2. The van der Waals surface area contributed by atoms with Crippen molar-refractivity contribution in [3.05, 3.63) is 47.5 Å². The van der Waals surface area contributed by atoms with Gasteiger partial charge in [0.1, 0.15) is 5.75 Å². The Bertz CT molecular complexity index is 582. The molecule has 100 valence electrons. The fourth-order valence-corrected chi connectivity index (χ4v) is 1.86. The molecule has 0 aliphatic heterocycles. The van der Waals surface area contributed by atoms with E-state index >= 15 is 0 Å². The molecule has 0 aromatic heterocycles. The number of methoxy groups -OCH3 is 1. The van der Waals surface area contributed by atoms with Crippen molar-refractivity contribution in [2.75, 3.05) is 12.4 Å². The molecule has 3 N–H and O–H groups in total. The first kappa shape index (κ1) is 13.1. The monoisotopic (exact) mass is 259 g/mol. The van der Waals surface area contributed by atoms with E-state index in [9.17, 15) is 10.2 Å². The summed E-state index contributed by atoms with van der Waals surface area (Å²) in [5, 5.41) is 22.3. The molecule has 0 spiro atoms. The highest BCUT2D eigenvalue weighted by molar-refractivity contribution is 5.58. The van der Waals surface area contributed by atoms with Gasteiger partial charge in [-0.05, 0) is 30.7 Å². The zero-order valence-electron chi connectivity index (χ0n) is 11.0. The largest absolute Gasteiger partial charge is 0.504 e. The van der Waals surface area contributed by atoms with Gasteiger partial charge >= 0.3 is 0 Å². The Hall–Kier alpha value is -2.36. The van der Waals surface area contributed by atoms with Crippen molar-refractivity contribution in [2.45, 2.75) is 13.5 Å². The summed E-state index contributed by atoms with van der Waals surface area (Å²) >= 11 is 0. The van der Waals surface area contributed by atoms with Crippen molar-refractivity contribution in [1.29, 1.82) is 0 Å². The Morgan fingerprint density at radius 1 is 1.16 bits per heavy atom. The molecule has 0 aliphatic rings. The predicted molar refractivity (Wildman–Crippen MR) is 74.8 cm³/mol. The van der Waals surface area contributed by atoms with Gasteiger partial charge in [-0.2, -0.15) is 0 Å². The highest BCUT2D eigenvalue weighted by Crippen LogP contribution is 2.30. The lowest BCUT2D eigenvalue weighted by molar-refractivity contribution is 0.399. The lowest BCUT2D eigenvalue weighted by Crippen LogP contribution is -2.01. The van der Waals surface area contributed by atoms with E-state index in [-0.39, 0.29) is 11.5 Å². The molecule has 0 saturated carbocycles. The van der Waals surface area contributed by atoms with Crippen molar-refractivity contribution in [1.82, 2.24) is 0 Å². The third kappa shape index (κ3) is 2.91. The van der Waals surface area contributed by atoms with Gasteiger partial charge in [-0.1, -0.05) is 18.2 Å². The van der Waals surface area contributed by atoms with Crippen molar-refractivity contribution < 1.29 is 14.9 Å². The molecular weight excluding hydrogens is 242 g/mol. The first-order valence-corrected chi connectivity index (χ1v) is 6.00. The zero-order chi connectivity index (χ0) is 13.8. The lowest BCUT2D eigenvalue weighted by atomic mass is 10.1. The van der Waals surface area contributed by atoms with E-state index in [4.69, 9.17) is 4.74 Å². The molecule has 0 bridgehead atoms. The van der Waals surface area contributed by atoms with Gasteiger partial charge in [-0.15, -0.1) is 0 Å². The van der Waals surface area contributed by atoms with Gasteiger partial charge in [0, 0.05) is 12.1 Å². The van der Waals surface area contributed by atoms with Crippen LogP contribution in [-0.2, 0) is 6.54 Å². The molecule has 0 unspecified atom stereocenters. The van der Waals surface area contributed by atoms with Gasteiger partial charge in [0.2, 0.25) is 0 Å². The molecule has 2 aromatic carbocycles. The third-order valence-electron chi connectivity index (χ3n) is 2.92. The number of phenolic OH excluding ortho intramolecular Hbond substituents is 2. The van der Waals surface area contributed by atoms with Gasteiger partial charge in [-0.25, -0.2) is 0 Å². The maximum Gasteiger partial charge on any atom is 0.162 e. The third-order valence-corrected chi connectivity index (χ3v) is 2.92. The van der Waals surface area contributed by atoms with Crippen molar-refractivity contribution in [2.24, 2.45) is 0 Å². The van der Waals surface area contributed by atoms with E-state index in [1.165, 1.54) is 6.07 Å². The molecule has 0 heterocycles. The number of rotatable bonds is 4. The van der Waals surface area contributed by atoms with E-state index in [1.54, 1.807) is 19.2 Å². The molecule has 0 aliphatic carbocycles. The molecular formula is C15H17NO3. The number of nitrogens with one attached hydrogen (secondary N) is 1. The molecule has 0 amide bonds. The zero-order valence-corrected chi connectivity index (χ0v) is 11.0. The maximum atomic E-state index is 9.72. The molecule has 0 radical (unpaired) electrons. The van der Waals surface area contributed by atoms with E-state index in [0.717, 1.165) is 17.0 Å². The Morgan fingerprint density at radius 2 is 1.95 bits per heavy atom. The Labute approximate surface area is 112 Å². The molecule has 2 rings (SSSR count). The van der Waals surface area contributed by atoms with Crippen molar-refractivity contribution >= 4 is 5.69 Å². The van der Waals surface area contributed by atoms with Crippen LogP contribution >= 0.6 is 0 Å². The summed E-state index contributed by atoms with van der Waals surface area (Å²) in [6.45, 7) is 2.40. The smallest absolute Gasteiger partial charge is 0.162 e. The number of phenols is 2. The molecule has 0 atom stereocenters. The second-order valence-electron chi connectivity index (χ2n) is 4.34. The molecule has 0 fully saturated rings. The van der Waals surface area contributed by atoms with Crippen LogP contribution in [0.1, 0.15) is 11.1 Å². The standard InChI is InChI=1S/C15H17NO3/c1-10-6-7-12(14(8-10)19-2)16-9-11-4-3-5-13(17)15(11)18/h3-8,16-18H,9H2,1-2H3. The summed E-state index contributed by atoms with van der Waals surface area (Å²) in [7, 11) is 1.62. The number of ether oxygens (including phenoxy) is 1. The minimum atomic E-state index is -0.116. The van der Waals surface area contributed by atoms with Crippen molar-refractivity contribution in [3.8, 4) is 17.2 Å². The van der Waals surface area contributed by atoms with E-state index in [1.807, 2.05) is 25.1 Å². The molecule has 0 saturated heterocycles. The number of aromatic hydroxyl groups is 2. The summed E-state index contributed by atoms with van der Waals surface area (Å²) in [6, 6.07) is 10.7. The Balaban J connectivity index is 2.17. The topological polar surface area (TPSA) is 61.7 Å². The number of hydrogen-bond donors (Lipinski definition) is 3. The molecule has 2 aromatic rings. The fourth-order valence-electron chi connectivity index (χ4n) is 1.86. The quantitative estimate of drug-likeness (QED) is 0.739. The molecule has 19 heavy (non-hydrogen) atoms. The molecule has 4 heteroatoms. The van der Waals surface area contributed by atoms with Crippen LogP contribution < -0.4 is 10.1 Å². The van der Waals surface area contributed by atoms with Gasteiger partial charge in [0.15, 0.2) is 11.5 Å². The van der Waals surface area contributed by atoms with Crippen LogP contribution in [0.4, 0.5) is 5.69 Å². The average molecular weight is 259 g/mol. The highest BCUT2D eigenvalue weighted by atomic mass is 16.5. The predicted octanol–water partition coefficient (Wildman–Crippen LogP) is 3.03. The summed E-state index contributed by atoms with van der Waals surface area (Å²) in [4.78, 5) is 0. The second kappa shape index (κ2) is 5.52. The maximum absolute atomic E-state index is 9.72. The summed E-state index contributed by atoms with van der Waals surface area (Å²) in [5.41, 5.74) is 2.58. The van der Waals surface area contributed by atoms with Crippen LogP contribution in [0.15, 0.2) is 36.4 Å². The fraction of sp³-hybridized carbons (Fsp3) is 0.200. The first-order chi connectivity index (χ1) is 9.11. The van der Waals surface area contributed by atoms with E-state index in [0.29, 0.717) is 12.1 Å². The number of anilines is 1. The van der Waals surface area contributed by atoms with Gasteiger partial charge in [-0.3, -0.25) is 0 Å². The number of hydrogen-bond acceptors (Lipinski definition) is 4. The number of benzene rings is 2. The minimum Gasteiger partial charge on any atom is -0.504 e. The Kier molecular flexibility index (Phi) is 3.80. The van der Waals surface area contributed by atoms with Crippen molar-refractivity contribution in [3.63, 3.8) is 0 Å². The number of para-hydroxylation sites is 1. The highest BCUT2D eigenvalue weighted by Gasteiger charge is 2.07.